The minimum absolute atomic E-state index is 1.27. The largest absolute Gasteiger partial charge is 0.449 e. The highest BCUT2D eigenvalue weighted by Crippen LogP contribution is 2.36. The highest BCUT2D eigenvalue weighted by atomic mass is 28.5. The fourth-order valence-electron chi connectivity index (χ4n) is 1.45. The maximum absolute atomic E-state index is 5.85. The van der Waals surface area contributed by atoms with Gasteiger partial charge >= 0.3 is 0 Å². The topological polar surface area (TPSA) is 9.23 Å². The lowest BCUT2D eigenvalue weighted by atomic mass is 11.3. The van der Waals surface area contributed by atoms with Crippen molar-refractivity contribution < 1.29 is 4.12 Å². The van der Waals surface area contributed by atoms with Gasteiger partial charge in [0, 0.05) is 0 Å². The zero-order valence-electron chi connectivity index (χ0n) is 6.68. The Morgan fingerprint density at radius 1 is 1.20 bits per heavy atom. The molecular formula is C7H14OSi2. The molecule has 2 atom stereocenters. The van der Waals surface area contributed by atoms with Crippen LogP contribution in [0.15, 0.2) is 24.6 Å². The van der Waals surface area contributed by atoms with E-state index in [2.05, 4.69) is 26.3 Å². The molecule has 2 unspecified atom stereocenters. The van der Waals surface area contributed by atoms with Crippen molar-refractivity contribution in [2.75, 3.05) is 0 Å². The van der Waals surface area contributed by atoms with Gasteiger partial charge in [0.1, 0.15) is 0 Å². The molecule has 0 amide bonds. The molecule has 0 aromatic carbocycles. The molecule has 1 rings (SSSR count). The minimum atomic E-state index is -1.37. The van der Waals surface area contributed by atoms with Gasteiger partial charge in [0.2, 0.25) is 16.6 Å². The molecule has 1 aliphatic rings. The maximum atomic E-state index is 5.85. The van der Waals surface area contributed by atoms with Crippen molar-refractivity contribution >= 4 is 16.6 Å². The summed E-state index contributed by atoms with van der Waals surface area (Å²) < 4.78 is 5.85. The molecule has 1 nitrogen and oxygen atoms in total. The van der Waals surface area contributed by atoms with Crippen molar-refractivity contribution in [1.82, 2.24) is 0 Å². The quantitative estimate of drug-likeness (QED) is 0.577. The van der Waals surface area contributed by atoms with E-state index in [-0.39, 0.29) is 0 Å². The van der Waals surface area contributed by atoms with Crippen molar-refractivity contribution in [2.45, 2.75) is 18.8 Å². The molecule has 1 heterocycles. The Morgan fingerprint density at radius 3 is 1.70 bits per heavy atom. The predicted octanol–water partition coefficient (Wildman–Crippen LogP) is 2.16. The van der Waals surface area contributed by atoms with Crippen LogP contribution in [0.5, 0.6) is 0 Å². The van der Waals surface area contributed by atoms with Crippen LogP contribution in [0.4, 0.5) is 0 Å². The Kier molecular flexibility index (Phi) is 1.74. The first kappa shape index (κ1) is 7.98. The lowest BCUT2D eigenvalue weighted by Gasteiger charge is -2.47. The minimum Gasteiger partial charge on any atom is -0.449 e. The maximum Gasteiger partial charge on any atom is 0.201 e. The lowest BCUT2D eigenvalue weighted by molar-refractivity contribution is 0.516. The molecule has 0 aliphatic carbocycles. The van der Waals surface area contributed by atoms with E-state index < -0.39 is 16.6 Å². The molecule has 56 valence electrons. The number of hydrogen-bond acceptors (Lipinski definition) is 1. The van der Waals surface area contributed by atoms with E-state index in [0.717, 1.165) is 0 Å². The van der Waals surface area contributed by atoms with Crippen molar-refractivity contribution in [3.05, 3.63) is 24.6 Å². The third-order valence-corrected chi connectivity index (χ3v) is 13.1. The van der Waals surface area contributed by atoms with Crippen LogP contribution in [0.25, 0.3) is 0 Å². The molecule has 1 fully saturated rings. The average Bonchev–Trinajstić information content (AvgIpc) is 1.85. The predicted molar refractivity (Wildman–Crippen MR) is 49.5 cm³/mol. The molecule has 0 bridgehead atoms. The summed E-state index contributed by atoms with van der Waals surface area (Å²) in [5.74, 6) is 0. The molecular weight excluding hydrogens is 156 g/mol. The first-order valence-electron chi connectivity index (χ1n) is 3.51. The van der Waals surface area contributed by atoms with Gasteiger partial charge in [-0.05, 0) is 18.8 Å². The zero-order valence-corrected chi connectivity index (χ0v) is 8.68. The van der Waals surface area contributed by atoms with Crippen molar-refractivity contribution in [3.63, 3.8) is 0 Å². The standard InChI is InChI=1S/C7H14OSi2/c1-5-9(3)7-10(4,6-2)8-9/h5-6H,1-2,7H2,3-4H3. The summed E-state index contributed by atoms with van der Waals surface area (Å²) in [6, 6.07) is 0. The van der Waals surface area contributed by atoms with Crippen molar-refractivity contribution in [1.29, 1.82) is 0 Å². The van der Waals surface area contributed by atoms with E-state index >= 15 is 0 Å². The Labute approximate surface area is 64.7 Å². The third-order valence-electron chi connectivity index (χ3n) is 2.03. The van der Waals surface area contributed by atoms with Crippen LogP contribution in [0.3, 0.4) is 0 Å². The second-order valence-corrected chi connectivity index (χ2v) is 11.6. The Hall–Kier alpha value is -0.126. The smallest absolute Gasteiger partial charge is 0.201 e. The Balaban J connectivity index is 2.57. The van der Waals surface area contributed by atoms with E-state index in [9.17, 15) is 0 Å². The van der Waals surface area contributed by atoms with E-state index in [1.54, 1.807) is 0 Å². The van der Waals surface area contributed by atoms with Crippen LogP contribution in [0.2, 0.25) is 18.8 Å². The van der Waals surface area contributed by atoms with Gasteiger partial charge < -0.3 is 4.12 Å². The molecule has 3 heteroatoms. The molecule has 0 aromatic heterocycles. The summed E-state index contributed by atoms with van der Waals surface area (Å²) in [5, 5.41) is 0. The summed E-state index contributed by atoms with van der Waals surface area (Å²) in [6.45, 7) is 12.0. The molecule has 10 heavy (non-hydrogen) atoms. The average molecular weight is 170 g/mol. The molecule has 0 N–H and O–H groups in total. The van der Waals surface area contributed by atoms with Crippen LogP contribution in [0.1, 0.15) is 0 Å². The molecule has 0 aromatic rings. The van der Waals surface area contributed by atoms with Gasteiger partial charge in [0.05, 0.1) is 0 Å². The molecule has 0 saturated carbocycles. The molecule has 1 saturated heterocycles. The molecule has 0 spiro atoms. The van der Waals surface area contributed by atoms with E-state index in [0.29, 0.717) is 0 Å². The summed E-state index contributed by atoms with van der Waals surface area (Å²) in [6.07, 6.45) is 0. The normalized spacial score (nSPS) is 45.8. The van der Waals surface area contributed by atoms with Crippen molar-refractivity contribution in [2.24, 2.45) is 0 Å². The monoisotopic (exact) mass is 170 g/mol. The third kappa shape index (κ3) is 1.16. The first-order valence-corrected chi connectivity index (χ1v) is 8.89. The van der Waals surface area contributed by atoms with E-state index in [1.807, 2.05) is 11.4 Å². The van der Waals surface area contributed by atoms with Crippen LogP contribution >= 0.6 is 0 Å². The Bertz CT molecular complexity index is 152. The van der Waals surface area contributed by atoms with Gasteiger partial charge in [-0.3, -0.25) is 0 Å². The van der Waals surface area contributed by atoms with Crippen LogP contribution in [0, 0.1) is 0 Å². The van der Waals surface area contributed by atoms with Gasteiger partial charge in [-0.25, -0.2) is 0 Å². The van der Waals surface area contributed by atoms with E-state index in [4.69, 9.17) is 4.12 Å². The second kappa shape index (κ2) is 2.18. The van der Waals surface area contributed by atoms with Crippen LogP contribution < -0.4 is 0 Å². The van der Waals surface area contributed by atoms with E-state index in [1.165, 1.54) is 5.67 Å². The van der Waals surface area contributed by atoms with Gasteiger partial charge in [-0.2, -0.15) is 0 Å². The van der Waals surface area contributed by atoms with Gasteiger partial charge in [-0.1, -0.05) is 11.4 Å². The highest BCUT2D eigenvalue weighted by Gasteiger charge is 2.50. The van der Waals surface area contributed by atoms with Crippen LogP contribution in [-0.2, 0) is 4.12 Å². The molecule has 1 aliphatic heterocycles. The van der Waals surface area contributed by atoms with Crippen LogP contribution in [-0.4, -0.2) is 16.6 Å². The fourth-order valence-corrected chi connectivity index (χ4v) is 13.0. The van der Waals surface area contributed by atoms with Gasteiger partial charge in [-0.15, -0.1) is 13.2 Å². The summed E-state index contributed by atoms with van der Waals surface area (Å²) in [4.78, 5) is 0. The number of hydrogen-bond donors (Lipinski definition) is 0. The first-order chi connectivity index (χ1) is 4.54. The van der Waals surface area contributed by atoms with Gasteiger partial charge in [0.25, 0.3) is 0 Å². The highest BCUT2D eigenvalue weighted by molar-refractivity contribution is 7.07. The second-order valence-electron chi connectivity index (χ2n) is 3.31. The number of rotatable bonds is 2. The Morgan fingerprint density at radius 2 is 1.50 bits per heavy atom. The summed E-state index contributed by atoms with van der Waals surface area (Å²) in [7, 11) is -2.75. The summed E-state index contributed by atoms with van der Waals surface area (Å²) in [5.41, 5.74) is 5.31. The summed E-state index contributed by atoms with van der Waals surface area (Å²) >= 11 is 0. The zero-order chi connectivity index (χ0) is 7.83. The molecule has 0 radical (unpaired) electrons. The van der Waals surface area contributed by atoms with Gasteiger partial charge in [0.15, 0.2) is 0 Å². The fraction of sp³-hybridized carbons (Fsp3) is 0.429. The SMILES string of the molecule is C=C[Si]1(C)C[Si](C)(C=C)O1. The van der Waals surface area contributed by atoms with Crippen molar-refractivity contribution in [3.8, 4) is 0 Å². The lowest BCUT2D eigenvalue weighted by Crippen LogP contribution is -2.61.